The number of nitrogens with two attached hydrogens (primary N) is 1. The molecule has 6 heteroatoms. The Labute approximate surface area is 81.1 Å². The summed E-state index contributed by atoms with van der Waals surface area (Å²) in [5.41, 5.74) is 5.36. The van der Waals surface area contributed by atoms with Crippen LogP contribution in [0.3, 0.4) is 0 Å². The third-order valence-electron chi connectivity index (χ3n) is 1.85. The molecule has 1 rings (SSSR count). The molecule has 14 heavy (non-hydrogen) atoms. The van der Waals surface area contributed by atoms with Gasteiger partial charge in [0.25, 0.3) is 11.8 Å². The van der Waals surface area contributed by atoms with E-state index in [-0.39, 0.29) is 11.4 Å². The van der Waals surface area contributed by atoms with Crippen molar-refractivity contribution in [2.75, 3.05) is 7.05 Å². The first kappa shape index (κ1) is 10.2. The van der Waals surface area contributed by atoms with Crippen molar-refractivity contribution in [2.24, 2.45) is 5.73 Å². The molecule has 0 bridgehead atoms. The molecule has 0 aliphatic carbocycles. The lowest BCUT2D eigenvalue weighted by molar-refractivity contribution is 0.0936. The second-order valence-electron chi connectivity index (χ2n) is 2.67. The van der Waals surface area contributed by atoms with Gasteiger partial charge < -0.3 is 15.6 Å². The number of carbonyl (C=O) groups excluding carboxylic acids is 2. The minimum absolute atomic E-state index is 0.0712. The van der Waals surface area contributed by atoms with E-state index in [1.54, 1.807) is 0 Å². The van der Waals surface area contributed by atoms with Crippen molar-refractivity contribution in [2.45, 2.75) is 13.5 Å². The molecule has 0 spiro atoms. The van der Waals surface area contributed by atoms with Crippen molar-refractivity contribution < 1.29 is 9.59 Å². The van der Waals surface area contributed by atoms with Gasteiger partial charge in [-0.2, -0.15) is 0 Å². The molecular weight excluding hydrogens is 184 g/mol. The van der Waals surface area contributed by atoms with Gasteiger partial charge in [0.15, 0.2) is 5.69 Å². The Balaban J connectivity index is 3.24. The van der Waals surface area contributed by atoms with Gasteiger partial charge in [0.1, 0.15) is 5.69 Å². The van der Waals surface area contributed by atoms with Crippen LogP contribution < -0.4 is 11.1 Å². The Kier molecular flexibility index (Phi) is 2.85. The largest absolute Gasteiger partial charge is 0.364 e. The maximum absolute atomic E-state index is 11.3. The number of carbonyl (C=O) groups is 2. The highest BCUT2D eigenvalue weighted by molar-refractivity contribution is 6.04. The summed E-state index contributed by atoms with van der Waals surface area (Å²) in [7, 11) is 1.47. The normalized spacial score (nSPS) is 9.86. The molecule has 6 nitrogen and oxygen atoms in total. The number of hydrogen-bond donors (Lipinski definition) is 2. The predicted molar refractivity (Wildman–Crippen MR) is 49.8 cm³/mol. The number of hydrogen-bond acceptors (Lipinski definition) is 3. The van der Waals surface area contributed by atoms with E-state index in [0.717, 1.165) is 0 Å². The van der Waals surface area contributed by atoms with Crippen LogP contribution >= 0.6 is 0 Å². The number of aryl methyl sites for hydroxylation is 1. The topological polar surface area (TPSA) is 90.0 Å². The molecule has 2 amide bonds. The second-order valence-corrected chi connectivity index (χ2v) is 2.67. The molecule has 0 atom stereocenters. The number of primary amides is 1. The maximum Gasteiger partial charge on any atom is 0.272 e. The first-order valence-electron chi connectivity index (χ1n) is 4.18. The predicted octanol–water partition coefficient (Wildman–Crippen LogP) is -0.638. The SMILES string of the molecule is CCn1cnc(C(=O)NC)c1C(N)=O. The highest BCUT2D eigenvalue weighted by Gasteiger charge is 2.20. The summed E-state index contributed by atoms with van der Waals surface area (Å²) >= 11 is 0. The average molecular weight is 196 g/mol. The van der Waals surface area contributed by atoms with E-state index in [1.807, 2.05) is 6.92 Å². The summed E-state index contributed by atoms with van der Waals surface area (Å²) < 4.78 is 1.53. The number of aromatic nitrogens is 2. The molecule has 0 aromatic carbocycles. The number of imidazole rings is 1. The monoisotopic (exact) mass is 196 g/mol. The molecule has 0 aliphatic rings. The Morgan fingerprint density at radius 1 is 1.64 bits per heavy atom. The van der Waals surface area contributed by atoms with Crippen molar-refractivity contribution in [3.05, 3.63) is 17.7 Å². The molecule has 0 aliphatic heterocycles. The Hall–Kier alpha value is -1.85. The maximum atomic E-state index is 11.3. The van der Waals surface area contributed by atoms with Gasteiger partial charge in [0.2, 0.25) is 0 Å². The van der Waals surface area contributed by atoms with Crippen molar-refractivity contribution in [1.29, 1.82) is 0 Å². The van der Waals surface area contributed by atoms with Crippen LogP contribution in [0.5, 0.6) is 0 Å². The lowest BCUT2D eigenvalue weighted by atomic mass is 10.3. The van der Waals surface area contributed by atoms with E-state index >= 15 is 0 Å². The second kappa shape index (κ2) is 3.91. The van der Waals surface area contributed by atoms with Gasteiger partial charge in [-0.15, -0.1) is 0 Å². The fraction of sp³-hybridized carbons (Fsp3) is 0.375. The van der Waals surface area contributed by atoms with Crippen molar-refractivity contribution >= 4 is 11.8 Å². The molecule has 0 unspecified atom stereocenters. The van der Waals surface area contributed by atoms with E-state index in [0.29, 0.717) is 6.54 Å². The molecule has 0 radical (unpaired) electrons. The Morgan fingerprint density at radius 2 is 2.29 bits per heavy atom. The lowest BCUT2D eigenvalue weighted by Gasteiger charge is -2.02. The van der Waals surface area contributed by atoms with Crippen LogP contribution in [0.25, 0.3) is 0 Å². The van der Waals surface area contributed by atoms with Gasteiger partial charge in [0, 0.05) is 13.6 Å². The van der Waals surface area contributed by atoms with Crippen LogP contribution in [0.15, 0.2) is 6.33 Å². The van der Waals surface area contributed by atoms with Crippen LogP contribution in [0.1, 0.15) is 27.9 Å². The Morgan fingerprint density at radius 3 is 2.71 bits per heavy atom. The van der Waals surface area contributed by atoms with Crippen LogP contribution in [-0.2, 0) is 6.54 Å². The van der Waals surface area contributed by atoms with E-state index in [2.05, 4.69) is 10.3 Å². The minimum Gasteiger partial charge on any atom is -0.364 e. The zero-order valence-electron chi connectivity index (χ0n) is 8.07. The first-order chi connectivity index (χ1) is 6.61. The molecule has 0 fully saturated rings. The zero-order chi connectivity index (χ0) is 10.7. The van der Waals surface area contributed by atoms with Gasteiger partial charge in [-0.25, -0.2) is 4.98 Å². The van der Waals surface area contributed by atoms with E-state index in [4.69, 9.17) is 5.73 Å². The zero-order valence-corrected chi connectivity index (χ0v) is 8.07. The molecule has 1 aromatic heterocycles. The van der Waals surface area contributed by atoms with Crippen molar-refractivity contribution in [3.8, 4) is 0 Å². The van der Waals surface area contributed by atoms with Gasteiger partial charge in [-0.3, -0.25) is 9.59 Å². The molecule has 0 saturated carbocycles. The smallest absolute Gasteiger partial charge is 0.272 e. The molecule has 0 saturated heterocycles. The Bertz CT molecular complexity index is 369. The van der Waals surface area contributed by atoms with Crippen LogP contribution in [-0.4, -0.2) is 28.4 Å². The van der Waals surface area contributed by atoms with Crippen molar-refractivity contribution in [1.82, 2.24) is 14.9 Å². The summed E-state index contributed by atoms with van der Waals surface area (Å²) in [4.78, 5) is 26.2. The fourth-order valence-corrected chi connectivity index (χ4v) is 1.16. The molecule has 76 valence electrons. The van der Waals surface area contributed by atoms with Crippen molar-refractivity contribution in [3.63, 3.8) is 0 Å². The lowest BCUT2D eigenvalue weighted by Crippen LogP contribution is -2.25. The summed E-state index contributed by atoms with van der Waals surface area (Å²) in [6.07, 6.45) is 1.42. The van der Waals surface area contributed by atoms with Gasteiger partial charge in [-0.1, -0.05) is 0 Å². The molecule has 1 heterocycles. The standard InChI is InChI=1S/C8H12N4O2/c1-3-12-4-11-5(8(14)10-2)6(12)7(9)13/h4H,3H2,1-2H3,(H2,9,13)(H,10,14). The summed E-state index contributed by atoms with van der Waals surface area (Å²) in [5, 5.41) is 2.39. The quantitative estimate of drug-likeness (QED) is 0.673. The number of rotatable bonds is 3. The number of nitrogens with zero attached hydrogens (tertiary/aromatic N) is 2. The van der Waals surface area contributed by atoms with E-state index < -0.39 is 11.8 Å². The third kappa shape index (κ3) is 1.59. The highest BCUT2D eigenvalue weighted by atomic mass is 16.2. The van der Waals surface area contributed by atoms with E-state index in [1.165, 1.54) is 17.9 Å². The number of nitrogens with one attached hydrogen (secondary N) is 1. The van der Waals surface area contributed by atoms with Crippen LogP contribution in [0, 0.1) is 0 Å². The van der Waals surface area contributed by atoms with Gasteiger partial charge in [-0.05, 0) is 6.92 Å². The van der Waals surface area contributed by atoms with Gasteiger partial charge in [0.05, 0.1) is 6.33 Å². The summed E-state index contributed by atoms with van der Waals surface area (Å²) in [6.45, 7) is 2.38. The molecule has 3 N–H and O–H groups in total. The first-order valence-corrected chi connectivity index (χ1v) is 4.18. The summed E-state index contributed by atoms with van der Waals surface area (Å²) in [6, 6.07) is 0. The fourth-order valence-electron chi connectivity index (χ4n) is 1.16. The highest BCUT2D eigenvalue weighted by Crippen LogP contribution is 2.06. The minimum atomic E-state index is -0.650. The summed E-state index contributed by atoms with van der Waals surface area (Å²) in [5.74, 6) is -1.06. The average Bonchev–Trinajstić information content (AvgIpc) is 2.59. The molecule has 1 aromatic rings. The third-order valence-corrected chi connectivity index (χ3v) is 1.85. The van der Waals surface area contributed by atoms with Gasteiger partial charge >= 0.3 is 0 Å². The molecular formula is C8H12N4O2. The van der Waals surface area contributed by atoms with Crippen LogP contribution in [0.4, 0.5) is 0 Å². The number of amides is 2. The van der Waals surface area contributed by atoms with Crippen LogP contribution in [0.2, 0.25) is 0 Å². The van der Waals surface area contributed by atoms with E-state index in [9.17, 15) is 9.59 Å².